The molecule has 5 heteroatoms. The molecule has 2 amide bonds. The predicted octanol–water partition coefficient (Wildman–Crippen LogP) is 3.59. The van der Waals surface area contributed by atoms with Gasteiger partial charge in [-0.3, -0.25) is 9.59 Å². The Morgan fingerprint density at radius 2 is 1.65 bits per heavy atom. The zero-order valence-corrected chi connectivity index (χ0v) is 13.9. The lowest BCUT2D eigenvalue weighted by molar-refractivity contribution is -0.175. The molecule has 0 aliphatic carbocycles. The lowest BCUT2D eigenvalue weighted by Gasteiger charge is -2.21. The lowest BCUT2D eigenvalue weighted by Crippen LogP contribution is -2.36. The highest BCUT2D eigenvalue weighted by atomic mass is 16.7. The molecule has 0 saturated carbocycles. The maximum atomic E-state index is 12.4. The van der Waals surface area contributed by atoms with Crippen molar-refractivity contribution in [1.29, 1.82) is 0 Å². The van der Waals surface area contributed by atoms with Crippen molar-refractivity contribution in [1.82, 2.24) is 5.06 Å². The van der Waals surface area contributed by atoms with Gasteiger partial charge in [-0.05, 0) is 24.5 Å². The van der Waals surface area contributed by atoms with Crippen LogP contribution in [0.15, 0.2) is 24.3 Å². The monoisotopic (exact) mass is 317 g/mol. The number of hydrogen-bond donors (Lipinski definition) is 0. The standard InChI is InChI=1S/C18H23NO4/c1-4-5-6-9-13(12(2)3)18(22)23-19-16(20)14-10-7-8-11-15(14)17(19)21/h7-8,10-13H,4-6,9H2,1-3H3. The molecule has 5 nitrogen and oxygen atoms in total. The normalized spacial score (nSPS) is 15.0. The number of unbranched alkanes of at least 4 members (excludes halogenated alkanes) is 2. The summed E-state index contributed by atoms with van der Waals surface area (Å²) in [4.78, 5) is 42.0. The molecule has 1 aromatic carbocycles. The molecule has 1 aliphatic rings. The Balaban J connectivity index is 2.07. The number of carbonyl (C=O) groups is 3. The Hall–Kier alpha value is -2.17. The number of nitrogens with zero attached hydrogens (tertiary/aromatic N) is 1. The van der Waals surface area contributed by atoms with Crippen LogP contribution in [0.2, 0.25) is 0 Å². The van der Waals surface area contributed by atoms with Gasteiger partial charge in [0.1, 0.15) is 0 Å². The Morgan fingerprint density at radius 3 is 2.13 bits per heavy atom. The molecule has 0 aromatic heterocycles. The molecule has 0 N–H and O–H groups in total. The molecule has 0 saturated heterocycles. The zero-order valence-electron chi connectivity index (χ0n) is 13.9. The van der Waals surface area contributed by atoms with E-state index in [1.165, 1.54) is 0 Å². The fourth-order valence-corrected chi connectivity index (χ4v) is 2.75. The highest BCUT2D eigenvalue weighted by Gasteiger charge is 2.40. The van der Waals surface area contributed by atoms with E-state index in [4.69, 9.17) is 4.84 Å². The first-order valence-electron chi connectivity index (χ1n) is 8.17. The molecule has 1 unspecified atom stereocenters. The minimum atomic E-state index is -0.574. The Labute approximate surface area is 136 Å². The third-order valence-corrected chi connectivity index (χ3v) is 4.16. The topological polar surface area (TPSA) is 63.7 Å². The number of hydrogen-bond acceptors (Lipinski definition) is 4. The second-order valence-electron chi connectivity index (χ2n) is 6.21. The number of amides is 2. The van der Waals surface area contributed by atoms with Crippen LogP contribution in [0.5, 0.6) is 0 Å². The first-order valence-corrected chi connectivity index (χ1v) is 8.17. The van der Waals surface area contributed by atoms with Gasteiger partial charge in [-0.15, -0.1) is 0 Å². The van der Waals surface area contributed by atoms with E-state index in [0.717, 1.165) is 19.3 Å². The van der Waals surface area contributed by atoms with Crippen LogP contribution >= 0.6 is 0 Å². The van der Waals surface area contributed by atoms with Gasteiger partial charge in [-0.25, -0.2) is 4.79 Å². The molecular weight excluding hydrogens is 294 g/mol. The van der Waals surface area contributed by atoms with Crippen LogP contribution in [0, 0.1) is 11.8 Å². The van der Waals surface area contributed by atoms with Crippen LogP contribution in [0.4, 0.5) is 0 Å². The summed E-state index contributed by atoms with van der Waals surface area (Å²) < 4.78 is 0. The second kappa shape index (κ2) is 7.40. The van der Waals surface area contributed by atoms with E-state index in [-0.39, 0.29) is 23.0 Å². The van der Waals surface area contributed by atoms with Crippen molar-refractivity contribution in [3.05, 3.63) is 35.4 Å². The van der Waals surface area contributed by atoms with Crippen molar-refractivity contribution >= 4 is 17.8 Å². The largest absolute Gasteiger partial charge is 0.336 e. The Bertz CT molecular complexity index is 574. The van der Waals surface area contributed by atoms with Crippen molar-refractivity contribution in [2.24, 2.45) is 11.8 Å². The molecule has 0 bridgehead atoms. The smallest absolute Gasteiger partial charge is 0.329 e. The second-order valence-corrected chi connectivity index (χ2v) is 6.21. The van der Waals surface area contributed by atoms with Crippen LogP contribution in [-0.4, -0.2) is 22.8 Å². The molecule has 1 heterocycles. The highest BCUT2D eigenvalue weighted by molar-refractivity contribution is 6.20. The maximum absolute atomic E-state index is 12.4. The number of hydroxylamine groups is 2. The van der Waals surface area contributed by atoms with Crippen molar-refractivity contribution < 1.29 is 19.2 Å². The van der Waals surface area contributed by atoms with E-state index >= 15 is 0 Å². The maximum Gasteiger partial charge on any atom is 0.336 e. The van der Waals surface area contributed by atoms with E-state index in [1.807, 2.05) is 13.8 Å². The Kier molecular flexibility index (Phi) is 5.53. The summed E-state index contributed by atoms with van der Waals surface area (Å²) in [5.74, 6) is -1.88. The predicted molar refractivity (Wildman–Crippen MR) is 85.5 cm³/mol. The van der Waals surface area contributed by atoms with Crippen LogP contribution in [0.1, 0.15) is 67.2 Å². The molecule has 2 rings (SSSR count). The number of carbonyl (C=O) groups excluding carboxylic acids is 3. The zero-order chi connectivity index (χ0) is 17.0. The number of benzene rings is 1. The van der Waals surface area contributed by atoms with Crippen molar-refractivity contribution in [3.8, 4) is 0 Å². The van der Waals surface area contributed by atoms with Gasteiger partial charge in [0, 0.05) is 0 Å². The van der Waals surface area contributed by atoms with Crippen LogP contribution in [-0.2, 0) is 9.63 Å². The molecule has 0 spiro atoms. The van der Waals surface area contributed by atoms with E-state index in [0.29, 0.717) is 11.5 Å². The minimum Gasteiger partial charge on any atom is -0.329 e. The first-order chi connectivity index (χ1) is 11.0. The van der Waals surface area contributed by atoms with E-state index in [2.05, 4.69) is 6.92 Å². The minimum absolute atomic E-state index is 0.0922. The summed E-state index contributed by atoms with van der Waals surface area (Å²) in [5, 5.41) is 0.599. The summed E-state index contributed by atoms with van der Waals surface area (Å²) >= 11 is 0. The number of fused-ring (bicyclic) bond motifs is 1. The fraction of sp³-hybridized carbons (Fsp3) is 0.500. The van der Waals surface area contributed by atoms with Gasteiger partial charge in [0.25, 0.3) is 11.8 Å². The molecule has 1 aromatic rings. The first kappa shape index (κ1) is 17.2. The molecule has 124 valence electrons. The third-order valence-electron chi connectivity index (χ3n) is 4.16. The van der Waals surface area contributed by atoms with Gasteiger partial charge in [0.15, 0.2) is 0 Å². The average molecular weight is 317 g/mol. The van der Waals surface area contributed by atoms with Gasteiger partial charge in [0.05, 0.1) is 17.0 Å². The Morgan fingerprint density at radius 1 is 1.09 bits per heavy atom. The SMILES string of the molecule is CCCCCC(C(=O)ON1C(=O)c2ccccc2C1=O)C(C)C. The fourth-order valence-electron chi connectivity index (χ4n) is 2.75. The van der Waals surface area contributed by atoms with Crippen molar-refractivity contribution in [3.63, 3.8) is 0 Å². The van der Waals surface area contributed by atoms with Crippen molar-refractivity contribution in [2.75, 3.05) is 0 Å². The van der Waals surface area contributed by atoms with Crippen LogP contribution in [0.25, 0.3) is 0 Å². The van der Waals surface area contributed by atoms with Gasteiger partial charge < -0.3 is 4.84 Å². The number of rotatable bonds is 7. The summed E-state index contributed by atoms with van der Waals surface area (Å²) in [7, 11) is 0. The molecule has 1 aliphatic heterocycles. The van der Waals surface area contributed by atoms with Crippen LogP contribution in [0.3, 0.4) is 0 Å². The van der Waals surface area contributed by atoms with Crippen LogP contribution < -0.4 is 0 Å². The van der Waals surface area contributed by atoms with E-state index < -0.39 is 17.8 Å². The molecule has 1 atom stereocenters. The summed E-state index contributed by atoms with van der Waals surface area (Å²) in [6.45, 7) is 5.99. The molecule has 0 radical (unpaired) electrons. The summed E-state index contributed by atoms with van der Waals surface area (Å²) in [6.07, 6.45) is 3.74. The lowest BCUT2D eigenvalue weighted by atomic mass is 9.90. The van der Waals surface area contributed by atoms with Gasteiger partial charge in [-0.2, -0.15) is 0 Å². The third kappa shape index (κ3) is 3.60. The quantitative estimate of drug-likeness (QED) is 0.569. The van der Waals surface area contributed by atoms with E-state index in [9.17, 15) is 14.4 Å². The van der Waals surface area contributed by atoms with Crippen molar-refractivity contribution in [2.45, 2.75) is 46.5 Å². The van der Waals surface area contributed by atoms with Gasteiger partial charge in [0.2, 0.25) is 0 Å². The highest BCUT2D eigenvalue weighted by Crippen LogP contribution is 2.26. The summed E-state index contributed by atoms with van der Waals surface area (Å²) in [6, 6.07) is 6.48. The number of imide groups is 1. The molecular formula is C18H23NO4. The average Bonchev–Trinajstić information content (AvgIpc) is 2.76. The molecule has 23 heavy (non-hydrogen) atoms. The van der Waals surface area contributed by atoms with E-state index in [1.54, 1.807) is 24.3 Å². The summed E-state index contributed by atoms with van der Waals surface area (Å²) in [5.41, 5.74) is 0.551. The van der Waals surface area contributed by atoms with Gasteiger partial charge >= 0.3 is 5.97 Å². The molecule has 0 fully saturated rings. The van der Waals surface area contributed by atoms with Gasteiger partial charge in [-0.1, -0.05) is 57.2 Å².